The first-order valence-electron chi connectivity index (χ1n) is 4.78. The van der Waals surface area contributed by atoms with Gasteiger partial charge in [-0.05, 0) is 25.7 Å². The van der Waals surface area contributed by atoms with Gasteiger partial charge >= 0.3 is 0 Å². The van der Waals surface area contributed by atoms with E-state index in [1.807, 2.05) is 0 Å². The topological polar surface area (TPSA) is 46.2 Å². The summed E-state index contributed by atoms with van der Waals surface area (Å²) in [5.74, 6) is -0.256. The molecule has 0 spiro atoms. The molecule has 3 nitrogen and oxygen atoms in total. The lowest BCUT2D eigenvalue weighted by Gasteiger charge is -2.16. The van der Waals surface area contributed by atoms with Crippen molar-refractivity contribution >= 4 is 11.8 Å². The van der Waals surface area contributed by atoms with Gasteiger partial charge in [-0.15, -0.1) is 0 Å². The Bertz CT molecular complexity index is 263. The van der Waals surface area contributed by atoms with Gasteiger partial charge in [0.2, 0.25) is 11.8 Å². The molecule has 3 heteroatoms. The second kappa shape index (κ2) is 3.32. The fourth-order valence-electron chi connectivity index (χ4n) is 2.09. The summed E-state index contributed by atoms with van der Waals surface area (Å²) in [4.78, 5) is 22.4. The minimum atomic E-state index is -0.128. The number of imide groups is 1. The molecule has 0 fully saturated rings. The maximum absolute atomic E-state index is 11.2. The molecule has 1 aliphatic heterocycles. The molecule has 0 aromatic heterocycles. The van der Waals surface area contributed by atoms with E-state index in [1.54, 1.807) is 0 Å². The van der Waals surface area contributed by atoms with Gasteiger partial charge in [-0.2, -0.15) is 0 Å². The van der Waals surface area contributed by atoms with Crippen LogP contribution in [0.5, 0.6) is 0 Å². The van der Waals surface area contributed by atoms with Gasteiger partial charge in [-0.3, -0.25) is 14.9 Å². The number of rotatable bonds is 0. The number of carbonyl (C=O) groups excluding carboxylic acids is 2. The van der Waals surface area contributed by atoms with E-state index in [4.69, 9.17) is 0 Å². The van der Waals surface area contributed by atoms with Crippen molar-refractivity contribution in [2.45, 2.75) is 38.5 Å². The number of hydrogen-bond acceptors (Lipinski definition) is 2. The smallest absolute Gasteiger partial charge is 0.230 e. The van der Waals surface area contributed by atoms with Crippen LogP contribution in [0.3, 0.4) is 0 Å². The highest BCUT2D eigenvalue weighted by molar-refractivity contribution is 5.98. The predicted octanol–water partition coefficient (Wildman–Crippen LogP) is 1.29. The Morgan fingerprint density at radius 3 is 1.77 bits per heavy atom. The third kappa shape index (κ3) is 1.79. The van der Waals surface area contributed by atoms with Crippen molar-refractivity contribution in [3.63, 3.8) is 0 Å². The Labute approximate surface area is 77.2 Å². The van der Waals surface area contributed by atoms with Crippen molar-refractivity contribution in [1.29, 1.82) is 0 Å². The summed E-state index contributed by atoms with van der Waals surface area (Å²) in [6.07, 6.45) is 5.24. The molecule has 1 heterocycles. The van der Waals surface area contributed by atoms with Gasteiger partial charge in [0.15, 0.2) is 0 Å². The van der Waals surface area contributed by atoms with Crippen LogP contribution in [0.15, 0.2) is 11.1 Å². The summed E-state index contributed by atoms with van der Waals surface area (Å²) in [6, 6.07) is 0. The monoisotopic (exact) mass is 179 g/mol. The van der Waals surface area contributed by atoms with Crippen LogP contribution in [0.1, 0.15) is 38.5 Å². The van der Waals surface area contributed by atoms with Crippen LogP contribution in [0, 0.1) is 0 Å². The van der Waals surface area contributed by atoms with Crippen LogP contribution in [0.25, 0.3) is 0 Å². The van der Waals surface area contributed by atoms with Crippen LogP contribution < -0.4 is 5.32 Å². The molecule has 0 atom stereocenters. The molecule has 13 heavy (non-hydrogen) atoms. The highest BCUT2D eigenvalue weighted by atomic mass is 16.2. The second-order valence-corrected chi connectivity index (χ2v) is 3.74. The minimum Gasteiger partial charge on any atom is -0.296 e. The number of nitrogens with one attached hydrogen (secondary N) is 1. The van der Waals surface area contributed by atoms with Crippen molar-refractivity contribution in [2.75, 3.05) is 0 Å². The Morgan fingerprint density at radius 2 is 1.31 bits per heavy atom. The molecule has 1 aliphatic carbocycles. The van der Waals surface area contributed by atoms with Gasteiger partial charge in [-0.25, -0.2) is 0 Å². The molecule has 70 valence electrons. The Balaban J connectivity index is 2.25. The fourth-order valence-corrected chi connectivity index (χ4v) is 2.09. The van der Waals surface area contributed by atoms with E-state index in [-0.39, 0.29) is 11.8 Å². The van der Waals surface area contributed by atoms with Gasteiger partial charge in [-0.1, -0.05) is 11.1 Å². The zero-order valence-electron chi connectivity index (χ0n) is 7.56. The highest BCUT2D eigenvalue weighted by Gasteiger charge is 2.22. The average Bonchev–Trinajstić information content (AvgIpc) is 2.20. The van der Waals surface area contributed by atoms with Crippen molar-refractivity contribution in [3.05, 3.63) is 11.1 Å². The first kappa shape index (κ1) is 8.48. The molecular formula is C10H13NO2. The van der Waals surface area contributed by atoms with E-state index in [2.05, 4.69) is 5.32 Å². The minimum absolute atomic E-state index is 0.128. The Kier molecular flexibility index (Phi) is 2.17. The molecule has 1 N–H and O–H groups in total. The lowest BCUT2D eigenvalue weighted by molar-refractivity contribution is -0.129. The standard InChI is InChI=1S/C10H13NO2/c12-9-5-7-3-1-2-4-8(7)6-10(13)11-9/h1-6H2,(H,11,12,13). The van der Waals surface area contributed by atoms with E-state index in [1.165, 1.54) is 24.0 Å². The SMILES string of the molecule is O=C1CC2=C(CCCC2)CC(=O)N1. The molecule has 0 saturated heterocycles. The molecule has 2 rings (SSSR count). The normalized spacial score (nSPS) is 23.7. The summed E-state index contributed by atoms with van der Waals surface area (Å²) in [6.45, 7) is 0. The zero-order valence-corrected chi connectivity index (χ0v) is 7.56. The maximum atomic E-state index is 11.2. The number of hydrogen-bond donors (Lipinski definition) is 1. The quantitative estimate of drug-likeness (QED) is 0.450. The first-order chi connectivity index (χ1) is 6.25. The second-order valence-electron chi connectivity index (χ2n) is 3.74. The summed E-state index contributed by atoms with van der Waals surface area (Å²) >= 11 is 0. The van der Waals surface area contributed by atoms with Crippen molar-refractivity contribution in [2.24, 2.45) is 0 Å². The largest absolute Gasteiger partial charge is 0.296 e. The van der Waals surface area contributed by atoms with E-state index >= 15 is 0 Å². The Morgan fingerprint density at radius 1 is 0.846 bits per heavy atom. The van der Waals surface area contributed by atoms with Crippen molar-refractivity contribution < 1.29 is 9.59 Å². The van der Waals surface area contributed by atoms with Gasteiger partial charge in [0.1, 0.15) is 0 Å². The third-order valence-electron chi connectivity index (χ3n) is 2.73. The van der Waals surface area contributed by atoms with Crippen LogP contribution >= 0.6 is 0 Å². The molecule has 0 radical (unpaired) electrons. The van der Waals surface area contributed by atoms with Gasteiger partial charge in [0, 0.05) is 12.8 Å². The lowest BCUT2D eigenvalue weighted by Crippen LogP contribution is -2.28. The van der Waals surface area contributed by atoms with Crippen LogP contribution in [-0.4, -0.2) is 11.8 Å². The van der Waals surface area contributed by atoms with E-state index in [0.717, 1.165) is 12.8 Å². The summed E-state index contributed by atoms with van der Waals surface area (Å²) < 4.78 is 0. The van der Waals surface area contributed by atoms with Crippen LogP contribution in [0.4, 0.5) is 0 Å². The van der Waals surface area contributed by atoms with E-state index in [0.29, 0.717) is 12.8 Å². The van der Waals surface area contributed by atoms with E-state index < -0.39 is 0 Å². The molecule has 0 saturated carbocycles. The molecule has 0 unspecified atom stereocenters. The maximum Gasteiger partial charge on any atom is 0.230 e. The summed E-state index contributed by atoms with van der Waals surface area (Å²) in [5.41, 5.74) is 2.43. The molecule has 0 bridgehead atoms. The summed E-state index contributed by atoms with van der Waals surface area (Å²) in [7, 11) is 0. The Hall–Kier alpha value is -1.12. The number of carbonyl (C=O) groups is 2. The summed E-state index contributed by atoms with van der Waals surface area (Å²) in [5, 5.41) is 2.38. The average molecular weight is 179 g/mol. The number of amides is 2. The fraction of sp³-hybridized carbons (Fsp3) is 0.600. The van der Waals surface area contributed by atoms with Crippen LogP contribution in [0.2, 0.25) is 0 Å². The predicted molar refractivity (Wildman–Crippen MR) is 47.9 cm³/mol. The van der Waals surface area contributed by atoms with Crippen LogP contribution in [-0.2, 0) is 9.59 Å². The molecule has 2 amide bonds. The molecular weight excluding hydrogens is 166 g/mol. The van der Waals surface area contributed by atoms with Crippen molar-refractivity contribution in [3.8, 4) is 0 Å². The lowest BCUT2D eigenvalue weighted by atomic mass is 9.89. The molecule has 0 aromatic carbocycles. The van der Waals surface area contributed by atoms with Gasteiger partial charge in [0.25, 0.3) is 0 Å². The third-order valence-corrected chi connectivity index (χ3v) is 2.73. The van der Waals surface area contributed by atoms with Gasteiger partial charge in [0.05, 0.1) is 0 Å². The van der Waals surface area contributed by atoms with Gasteiger partial charge < -0.3 is 0 Å². The zero-order chi connectivity index (χ0) is 9.26. The first-order valence-corrected chi connectivity index (χ1v) is 4.78. The molecule has 2 aliphatic rings. The molecule has 0 aromatic rings. The highest BCUT2D eigenvalue weighted by Crippen LogP contribution is 2.30. The van der Waals surface area contributed by atoms with Crippen molar-refractivity contribution in [1.82, 2.24) is 5.32 Å². The van der Waals surface area contributed by atoms with E-state index in [9.17, 15) is 9.59 Å².